The summed E-state index contributed by atoms with van der Waals surface area (Å²) in [7, 11) is 3.19. The van der Waals surface area contributed by atoms with Gasteiger partial charge < -0.3 is 20.7 Å². The van der Waals surface area contributed by atoms with Gasteiger partial charge in [0.05, 0.1) is 41.0 Å². The molecule has 2 aromatic heterocycles. The summed E-state index contributed by atoms with van der Waals surface area (Å²) < 4.78 is 35.6. The van der Waals surface area contributed by atoms with Crippen molar-refractivity contribution in [2.24, 2.45) is 5.73 Å². The van der Waals surface area contributed by atoms with Crippen LogP contribution in [-0.2, 0) is 9.53 Å². The Hall–Kier alpha value is -3.95. The Kier molecular flexibility index (Phi) is 6.82. The molecule has 0 bridgehead atoms. The number of nitrogens with zero attached hydrogens (tertiary/aromatic N) is 5. The molecule has 39 heavy (non-hydrogen) atoms. The Morgan fingerprint density at radius 1 is 1.36 bits per heavy atom. The van der Waals surface area contributed by atoms with Gasteiger partial charge in [0.15, 0.2) is 5.69 Å². The van der Waals surface area contributed by atoms with Crippen LogP contribution in [0.4, 0.5) is 14.6 Å². The molecule has 1 saturated carbocycles. The van der Waals surface area contributed by atoms with Gasteiger partial charge in [0.25, 0.3) is 11.8 Å². The summed E-state index contributed by atoms with van der Waals surface area (Å²) in [5.41, 5.74) is 6.76. The number of halogens is 3. The molecule has 1 aromatic carbocycles. The van der Waals surface area contributed by atoms with Gasteiger partial charge in [-0.15, -0.1) is 0 Å². The lowest BCUT2D eigenvalue weighted by molar-refractivity contribution is -0.127. The molecule has 3 heterocycles. The van der Waals surface area contributed by atoms with Crippen molar-refractivity contribution in [2.75, 3.05) is 32.6 Å². The Labute approximate surface area is 227 Å². The third-order valence-corrected chi connectivity index (χ3v) is 7.39. The van der Waals surface area contributed by atoms with E-state index >= 15 is 0 Å². The molecule has 0 spiro atoms. The number of alkyl halides is 2. The molecule has 2 fully saturated rings. The van der Waals surface area contributed by atoms with Crippen molar-refractivity contribution in [3.05, 3.63) is 52.8 Å². The first-order valence-corrected chi connectivity index (χ1v) is 12.6. The standard InChI is InChI=1S/C26H26ClF2N7O3/c1-4-22(37)34-12-14(9-15(34)13-39-3)35-25(31-2)23(24(30)38)19(33-35)7-5-16-17-11-32-36(21-10-26(21,28)29)20(17)8-6-18(16)27/h4,6,8,11,14-15,21,31H,1,9-10,12-13H2,2-3H3,(H2,30,38)/t14-,15+,21?/m0/s1. The summed E-state index contributed by atoms with van der Waals surface area (Å²) in [6, 6.07) is 1.68. The second-order valence-electron chi connectivity index (χ2n) is 9.50. The van der Waals surface area contributed by atoms with E-state index in [0.29, 0.717) is 46.9 Å². The number of fused-ring (bicyclic) bond motifs is 1. The first-order chi connectivity index (χ1) is 18.6. The molecule has 1 unspecified atom stereocenters. The van der Waals surface area contributed by atoms with Crippen molar-refractivity contribution in [1.82, 2.24) is 24.5 Å². The lowest BCUT2D eigenvalue weighted by Gasteiger charge is -2.22. The molecule has 1 aliphatic carbocycles. The highest BCUT2D eigenvalue weighted by molar-refractivity contribution is 6.32. The van der Waals surface area contributed by atoms with Gasteiger partial charge in [0.1, 0.15) is 17.4 Å². The van der Waals surface area contributed by atoms with Gasteiger partial charge in [-0.2, -0.15) is 10.2 Å². The fourth-order valence-corrected chi connectivity index (χ4v) is 5.33. The maximum Gasteiger partial charge on any atom is 0.272 e. The van der Waals surface area contributed by atoms with Crippen molar-refractivity contribution in [3.63, 3.8) is 0 Å². The number of rotatable bonds is 7. The number of likely N-dealkylation sites (tertiary alicyclic amines) is 1. The van der Waals surface area contributed by atoms with Crippen molar-refractivity contribution in [1.29, 1.82) is 0 Å². The van der Waals surface area contributed by atoms with E-state index in [0.717, 1.165) is 0 Å². The second-order valence-corrected chi connectivity index (χ2v) is 9.91. The third-order valence-electron chi connectivity index (χ3n) is 7.07. The molecule has 2 amide bonds. The molecule has 3 aromatic rings. The van der Waals surface area contributed by atoms with Crippen LogP contribution in [0.3, 0.4) is 0 Å². The SMILES string of the molecule is C=CC(=O)N1C[C@@H](n2nc(C#Cc3c(Cl)ccc4c3cnn4C3CC3(F)F)c(C(N)=O)c2NC)C[C@@H]1COC. The fourth-order valence-electron chi connectivity index (χ4n) is 5.12. The smallest absolute Gasteiger partial charge is 0.272 e. The van der Waals surface area contributed by atoms with E-state index in [-0.39, 0.29) is 35.7 Å². The number of carbonyl (C=O) groups is 2. The van der Waals surface area contributed by atoms with Gasteiger partial charge in [-0.1, -0.05) is 24.1 Å². The molecule has 13 heteroatoms. The molecule has 10 nitrogen and oxygen atoms in total. The van der Waals surface area contributed by atoms with Crippen LogP contribution < -0.4 is 11.1 Å². The molecular weight excluding hydrogens is 532 g/mol. The van der Waals surface area contributed by atoms with E-state index in [4.69, 9.17) is 22.1 Å². The minimum Gasteiger partial charge on any atom is -0.383 e. The number of hydrogen-bond donors (Lipinski definition) is 2. The molecule has 1 saturated heterocycles. The number of hydrogen-bond acceptors (Lipinski definition) is 6. The Balaban J connectivity index is 1.55. The van der Waals surface area contributed by atoms with Crippen LogP contribution in [0.25, 0.3) is 10.9 Å². The lowest BCUT2D eigenvalue weighted by atomic mass is 10.1. The van der Waals surface area contributed by atoms with Gasteiger partial charge in [-0.05, 0) is 30.6 Å². The molecule has 0 radical (unpaired) electrons. The number of carbonyl (C=O) groups excluding carboxylic acids is 2. The molecular formula is C26H26ClF2N7O3. The molecule has 204 valence electrons. The molecule has 5 rings (SSSR count). The first-order valence-electron chi connectivity index (χ1n) is 12.2. The number of methoxy groups -OCH3 is 1. The Bertz CT molecular complexity index is 1550. The van der Waals surface area contributed by atoms with Crippen molar-refractivity contribution in [3.8, 4) is 11.8 Å². The van der Waals surface area contributed by atoms with E-state index < -0.39 is 17.9 Å². The normalized spacial score (nSPS) is 21.5. The zero-order valence-corrected chi connectivity index (χ0v) is 22.0. The van der Waals surface area contributed by atoms with Crippen LogP contribution >= 0.6 is 11.6 Å². The van der Waals surface area contributed by atoms with Crippen LogP contribution in [0, 0.1) is 11.8 Å². The van der Waals surface area contributed by atoms with E-state index in [1.54, 1.807) is 35.9 Å². The quantitative estimate of drug-likeness (QED) is 0.340. The summed E-state index contributed by atoms with van der Waals surface area (Å²) in [5, 5.41) is 12.5. The number of benzene rings is 1. The highest BCUT2D eigenvalue weighted by Gasteiger charge is 2.59. The lowest BCUT2D eigenvalue weighted by Crippen LogP contribution is -2.37. The maximum atomic E-state index is 13.7. The minimum atomic E-state index is -2.80. The van der Waals surface area contributed by atoms with Gasteiger partial charge in [0.2, 0.25) is 5.91 Å². The summed E-state index contributed by atoms with van der Waals surface area (Å²) in [5.74, 6) is 2.43. The average molecular weight is 558 g/mol. The first kappa shape index (κ1) is 26.6. The number of primary amides is 1. The second kappa shape index (κ2) is 9.98. The van der Waals surface area contributed by atoms with E-state index in [2.05, 4.69) is 33.9 Å². The van der Waals surface area contributed by atoms with Gasteiger partial charge in [0, 0.05) is 32.5 Å². The van der Waals surface area contributed by atoms with E-state index in [1.165, 1.54) is 17.0 Å². The molecule has 2 aliphatic rings. The Morgan fingerprint density at radius 3 is 2.72 bits per heavy atom. The predicted molar refractivity (Wildman–Crippen MR) is 141 cm³/mol. The highest BCUT2D eigenvalue weighted by atomic mass is 35.5. The summed E-state index contributed by atoms with van der Waals surface area (Å²) in [6.45, 7) is 4.22. The van der Waals surface area contributed by atoms with Crippen LogP contribution in [0.15, 0.2) is 31.0 Å². The highest BCUT2D eigenvalue weighted by Crippen LogP contribution is 2.53. The molecule has 1 aliphatic heterocycles. The summed E-state index contributed by atoms with van der Waals surface area (Å²) in [4.78, 5) is 26.6. The van der Waals surface area contributed by atoms with Crippen molar-refractivity contribution >= 4 is 40.1 Å². The van der Waals surface area contributed by atoms with Gasteiger partial charge >= 0.3 is 0 Å². The number of nitrogens with one attached hydrogen (secondary N) is 1. The number of amides is 2. The predicted octanol–water partition coefficient (Wildman–Crippen LogP) is 2.98. The summed E-state index contributed by atoms with van der Waals surface area (Å²) in [6.07, 6.45) is 2.94. The fraction of sp³-hybridized carbons (Fsp3) is 0.385. The minimum absolute atomic E-state index is 0.0819. The number of ether oxygens (including phenoxy) is 1. The third kappa shape index (κ3) is 4.62. The van der Waals surface area contributed by atoms with Crippen LogP contribution in [0.2, 0.25) is 5.02 Å². The van der Waals surface area contributed by atoms with E-state index in [9.17, 15) is 18.4 Å². The molecule has 3 atom stereocenters. The van der Waals surface area contributed by atoms with Gasteiger partial charge in [-0.25, -0.2) is 13.5 Å². The zero-order valence-electron chi connectivity index (χ0n) is 21.2. The largest absolute Gasteiger partial charge is 0.383 e. The topological polar surface area (TPSA) is 120 Å². The number of nitrogens with two attached hydrogens (primary N) is 1. The number of anilines is 1. The van der Waals surface area contributed by atoms with Crippen molar-refractivity contribution in [2.45, 2.75) is 36.9 Å². The summed E-state index contributed by atoms with van der Waals surface area (Å²) >= 11 is 6.43. The average Bonchev–Trinajstić information content (AvgIpc) is 3.29. The van der Waals surface area contributed by atoms with Crippen molar-refractivity contribution < 1.29 is 23.1 Å². The monoisotopic (exact) mass is 557 g/mol. The maximum absolute atomic E-state index is 13.7. The van der Waals surface area contributed by atoms with E-state index in [1.807, 2.05) is 0 Å². The van der Waals surface area contributed by atoms with Crippen LogP contribution in [-0.4, -0.2) is 75.5 Å². The Morgan fingerprint density at radius 2 is 2.10 bits per heavy atom. The van der Waals surface area contributed by atoms with Gasteiger partial charge in [-0.3, -0.25) is 14.3 Å². The zero-order chi connectivity index (χ0) is 28.1. The molecule has 3 N–H and O–H groups in total. The number of aromatic nitrogens is 4. The van der Waals surface area contributed by atoms with Crippen LogP contribution in [0.5, 0.6) is 0 Å². The van der Waals surface area contributed by atoms with Crippen LogP contribution in [0.1, 0.15) is 46.5 Å².